The van der Waals surface area contributed by atoms with E-state index in [0.29, 0.717) is 5.92 Å². The molecule has 2 atom stereocenters. The average Bonchev–Trinajstić information content (AvgIpc) is 2.89. The van der Waals surface area contributed by atoms with Gasteiger partial charge >= 0.3 is 0 Å². The Balaban J connectivity index is 1.69. The van der Waals surface area contributed by atoms with E-state index >= 15 is 0 Å². The molecule has 0 aromatic heterocycles. The minimum Gasteiger partial charge on any atom is -0.493 e. The zero-order valence-electron chi connectivity index (χ0n) is 12.3. The molecule has 2 nitrogen and oxygen atoms in total. The summed E-state index contributed by atoms with van der Waals surface area (Å²) in [6.45, 7) is 2.76. The van der Waals surface area contributed by atoms with E-state index in [1.54, 1.807) is 0 Å². The number of ether oxygens (including phenoxy) is 1. The fraction of sp³-hybridized carbons (Fsp3) is 0.333. The second-order valence-corrected chi connectivity index (χ2v) is 6.71. The van der Waals surface area contributed by atoms with Crippen molar-refractivity contribution in [3.63, 3.8) is 0 Å². The molecule has 21 heavy (non-hydrogen) atoms. The summed E-state index contributed by atoms with van der Waals surface area (Å²) in [5.74, 6) is 2.56. The van der Waals surface area contributed by atoms with Gasteiger partial charge in [0, 0.05) is 22.6 Å². The molecule has 2 unspecified atom stereocenters. The lowest BCUT2D eigenvalue weighted by Gasteiger charge is -2.16. The molecule has 0 fully saturated rings. The highest BCUT2D eigenvalue weighted by atomic mass is 32.2. The highest BCUT2D eigenvalue weighted by Gasteiger charge is 2.23. The Morgan fingerprint density at radius 1 is 1.19 bits per heavy atom. The number of hydrogen-bond donors (Lipinski definition) is 1. The van der Waals surface area contributed by atoms with Gasteiger partial charge in [-0.15, -0.1) is 11.8 Å². The average molecular weight is 299 g/mol. The van der Waals surface area contributed by atoms with Gasteiger partial charge in [0.2, 0.25) is 0 Å². The maximum absolute atomic E-state index is 6.11. The number of rotatable bonds is 5. The highest BCUT2D eigenvalue weighted by Crippen LogP contribution is 2.39. The quantitative estimate of drug-likeness (QED) is 0.911. The molecule has 110 valence electrons. The van der Waals surface area contributed by atoms with Crippen LogP contribution in [0.5, 0.6) is 5.75 Å². The maximum atomic E-state index is 6.11. The van der Waals surface area contributed by atoms with E-state index < -0.39 is 0 Å². The molecular weight excluding hydrogens is 278 g/mol. The molecular formula is C18H21NOS. The number of para-hydroxylation sites is 1. The molecule has 0 bridgehead atoms. The molecule has 2 aromatic rings. The smallest absolute Gasteiger partial charge is 0.122 e. The fourth-order valence-corrected chi connectivity index (χ4v) is 3.95. The second kappa shape index (κ2) is 6.54. The zero-order valence-corrected chi connectivity index (χ0v) is 13.1. The molecule has 0 spiro atoms. The maximum Gasteiger partial charge on any atom is 0.122 e. The Kier molecular flexibility index (Phi) is 4.51. The van der Waals surface area contributed by atoms with E-state index in [2.05, 4.69) is 30.3 Å². The number of thioether (sulfide) groups is 1. The van der Waals surface area contributed by atoms with E-state index in [1.165, 1.54) is 16.0 Å². The van der Waals surface area contributed by atoms with Crippen molar-refractivity contribution in [3.05, 3.63) is 59.7 Å². The van der Waals surface area contributed by atoms with Crippen LogP contribution in [0, 0.1) is 0 Å². The van der Waals surface area contributed by atoms with Gasteiger partial charge in [-0.2, -0.15) is 0 Å². The molecule has 2 aromatic carbocycles. The van der Waals surface area contributed by atoms with Crippen molar-refractivity contribution in [1.82, 2.24) is 0 Å². The Bertz CT molecular complexity index is 612. The lowest BCUT2D eigenvalue weighted by molar-refractivity contribution is 0.294. The van der Waals surface area contributed by atoms with Crippen LogP contribution < -0.4 is 10.5 Å². The summed E-state index contributed by atoms with van der Waals surface area (Å²) in [4.78, 5) is 1.40. The Labute approximate surface area is 130 Å². The van der Waals surface area contributed by atoms with Gasteiger partial charge in [-0.1, -0.05) is 36.4 Å². The van der Waals surface area contributed by atoms with Crippen LogP contribution in [0.3, 0.4) is 0 Å². The van der Waals surface area contributed by atoms with Crippen molar-refractivity contribution in [2.45, 2.75) is 30.2 Å². The van der Waals surface area contributed by atoms with E-state index in [1.807, 2.05) is 36.9 Å². The fourth-order valence-electron chi connectivity index (χ4n) is 2.72. The van der Waals surface area contributed by atoms with Crippen LogP contribution in [0.2, 0.25) is 0 Å². The Hall–Kier alpha value is -1.45. The van der Waals surface area contributed by atoms with Crippen LogP contribution in [0.4, 0.5) is 0 Å². The summed E-state index contributed by atoms with van der Waals surface area (Å²) in [5, 5.41) is 0. The number of hydrogen-bond acceptors (Lipinski definition) is 3. The minimum atomic E-state index is 0.150. The molecule has 0 amide bonds. The van der Waals surface area contributed by atoms with Gasteiger partial charge in [-0.3, -0.25) is 0 Å². The third-order valence-electron chi connectivity index (χ3n) is 3.75. The first kappa shape index (κ1) is 14.5. The Morgan fingerprint density at radius 3 is 2.81 bits per heavy atom. The molecule has 1 heterocycles. The summed E-state index contributed by atoms with van der Waals surface area (Å²) in [7, 11) is 0. The zero-order chi connectivity index (χ0) is 14.7. The van der Waals surface area contributed by atoms with Gasteiger partial charge in [-0.05, 0) is 36.6 Å². The van der Waals surface area contributed by atoms with Crippen molar-refractivity contribution in [3.8, 4) is 5.75 Å². The Morgan fingerprint density at radius 2 is 1.95 bits per heavy atom. The first-order valence-corrected chi connectivity index (χ1v) is 8.40. The van der Waals surface area contributed by atoms with E-state index in [-0.39, 0.29) is 6.04 Å². The summed E-state index contributed by atoms with van der Waals surface area (Å²) in [6.07, 6.45) is 0.853. The van der Waals surface area contributed by atoms with E-state index in [9.17, 15) is 0 Å². The van der Waals surface area contributed by atoms with Gasteiger partial charge in [0.15, 0.2) is 0 Å². The first-order valence-electron chi connectivity index (χ1n) is 7.42. The van der Waals surface area contributed by atoms with Gasteiger partial charge in [0.1, 0.15) is 5.75 Å². The van der Waals surface area contributed by atoms with Crippen LogP contribution in [0.1, 0.15) is 24.0 Å². The lowest BCUT2D eigenvalue weighted by Crippen LogP contribution is -2.19. The third kappa shape index (κ3) is 3.42. The molecule has 0 radical (unpaired) electrons. The number of benzene rings is 2. The monoisotopic (exact) mass is 299 g/mol. The topological polar surface area (TPSA) is 35.2 Å². The standard InChI is InChI=1S/C18H21NOS/c1-13(19)10-14-6-2-4-8-17(14)20-11-15-12-21-18-9-5-3-7-16(15)18/h2-9,13,15H,10-12,19H2,1H3. The first-order chi connectivity index (χ1) is 10.2. The number of fused-ring (bicyclic) bond motifs is 1. The normalized spacial score (nSPS) is 18.3. The molecule has 1 aliphatic heterocycles. The van der Waals surface area contributed by atoms with Crippen LogP contribution >= 0.6 is 11.8 Å². The molecule has 3 rings (SSSR count). The van der Waals surface area contributed by atoms with Gasteiger partial charge < -0.3 is 10.5 Å². The lowest BCUT2D eigenvalue weighted by atomic mass is 10.0. The predicted octanol–water partition coefficient (Wildman–Crippen LogP) is 3.84. The predicted molar refractivity (Wildman–Crippen MR) is 89.2 cm³/mol. The largest absolute Gasteiger partial charge is 0.493 e. The van der Waals surface area contributed by atoms with E-state index in [0.717, 1.165) is 24.5 Å². The number of nitrogens with two attached hydrogens (primary N) is 1. The SMILES string of the molecule is CC(N)Cc1ccccc1OCC1CSc2ccccc21. The van der Waals surface area contributed by atoms with Crippen molar-refractivity contribution >= 4 is 11.8 Å². The van der Waals surface area contributed by atoms with Crippen molar-refractivity contribution in [1.29, 1.82) is 0 Å². The molecule has 0 saturated heterocycles. The van der Waals surface area contributed by atoms with Crippen LogP contribution in [0.15, 0.2) is 53.4 Å². The molecule has 1 aliphatic rings. The second-order valence-electron chi connectivity index (χ2n) is 5.65. The molecule has 3 heteroatoms. The summed E-state index contributed by atoms with van der Waals surface area (Å²) in [6, 6.07) is 17.0. The van der Waals surface area contributed by atoms with Crippen LogP contribution in [0.25, 0.3) is 0 Å². The summed E-state index contributed by atoms with van der Waals surface area (Å²) >= 11 is 1.93. The summed E-state index contributed by atoms with van der Waals surface area (Å²) in [5.41, 5.74) is 8.54. The minimum absolute atomic E-state index is 0.150. The van der Waals surface area contributed by atoms with Gasteiger partial charge in [-0.25, -0.2) is 0 Å². The molecule has 0 aliphatic carbocycles. The van der Waals surface area contributed by atoms with Gasteiger partial charge in [0.05, 0.1) is 6.61 Å². The van der Waals surface area contributed by atoms with E-state index in [4.69, 9.17) is 10.5 Å². The molecule has 2 N–H and O–H groups in total. The summed E-state index contributed by atoms with van der Waals surface area (Å²) < 4.78 is 6.11. The van der Waals surface area contributed by atoms with Crippen molar-refractivity contribution < 1.29 is 4.74 Å². The highest BCUT2D eigenvalue weighted by molar-refractivity contribution is 7.99. The van der Waals surface area contributed by atoms with Crippen LogP contribution in [-0.4, -0.2) is 18.4 Å². The molecule has 0 saturated carbocycles. The van der Waals surface area contributed by atoms with Gasteiger partial charge in [0.25, 0.3) is 0 Å². The van der Waals surface area contributed by atoms with Crippen molar-refractivity contribution in [2.75, 3.05) is 12.4 Å². The van der Waals surface area contributed by atoms with Crippen LogP contribution in [-0.2, 0) is 6.42 Å². The third-order valence-corrected chi connectivity index (χ3v) is 5.01. The van der Waals surface area contributed by atoms with Crippen molar-refractivity contribution in [2.24, 2.45) is 5.73 Å².